The molecule has 0 heterocycles. The van der Waals surface area contributed by atoms with E-state index >= 15 is 0 Å². The van der Waals surface area contributed by atoms with Crippen molar-refractivity contribution in [3.63, 3.8) is 0 Å². The first-order valence-corrected chi connectivity index (χ1v) is 8.32. The predicted molar refractivity (Wildman–Crippen MR) is 86.4 cm³/mol. The lowest BCUT2D eigenvalue weighted by molar-refractivity contribution is -0.117. The van der Waals surface area contributed by atoms with Gasteiger partial charge in [-0.25, -0.2) is 0 Å². The third-order valence-corrected chi connectivity index (χ3v) is 5.52. The van der Waals surface area contributed by atoms with E-state index in [4.69, 9.17) is 11.6 Å². The van der Waals surface area contributed by atoms with Crippen molar-refractivity contribution >= 4 is 45.8 Å². The molecule has 2 aliphatic rings. The highest BCUT2D eigenvalue weighted by molar-refractivity contribution is 14.1. The first kappa shape index (κ1) is 13.7. The summed E-state index contributed by atoms with van der Waals surface area (Å²) in [5.41, 5.74) is 0.732. The van der Waals surface area contributed by atoms with Gasteiger partial charge in [0, 0.05) is 9.99 Å². The van der Waals surface area contributed by atoms with Crippen LogP contribution in [-0.4, -0.2) is 5.91 Å². The number of fused-ring (bicyclic) bond motifs is 2. The summed E-state index contributed by atoms with van der Waals surface area (Å²) < 4.78 is 1.08. The van der Waals surface area contributed by atoms with Crippen molar-refractivity contribution < 1.29 is 4.79 Å². The van der Waals surface area contributed by atoms with Crippen LogP contribution in [0, 0.1) is 21.3 Å². The van der Waals surface area contributed by atoms with Crippen LogP contribution >= 0.6 is 34.2 Å². The Labute approximate surface area is 132 Å². The molecule has 0 aliphatic heterocycles. The van der Waals surface area contributed by atoms with Crippen LogP contribution in [0.15, 0.2) is 18.2 Å². The van der Waals surface area contributed by atoms with Crippen LogP contribution < -0.4 is 5.32 Å². The van der Waals surface area contributed by atoms with Crippen LogP contribution in [-0.2, 0) is 4.79 Å². The third-order valence-electron chi connectivity index (χ3n) is 4.54. The number of benzene rings is 1. The molecule has 0 saturated heterocycles. The highest BCUT2D eigenvalue weighted by Crippen LogP contribution is 2.49. The van der Waals surface area contributed by atoms with Gasteiger partial charge in [-0.1, -0.05) is 18.0 Å². The second-order valence-electron chi connectivity index (χ2n) is 5.81. The summed E-state index contributed by atoms with van der Waals surface area (Å²) in [6.45, 7) is 0. The maximum absolute atomic E-state index is 12.1. The van der Waals surface area contributed by atoms with E-state index in [1.807, 2.05) is 18.2 Å². The Morgan fingerprint density at radius 1 is 1.37 bits per heavy atom. The number of carbonyl (C=O) groups excluding carboxylic acids is 1. The molecular formula is C15H17ClINO. The summed E-state index contributed by atoms with van der Waals surface area (Å²) in [4.78, 5) is 12.1. The van der Waals surface area contributed by atoms with Crippen molar-refractivity contribution in [1.82, 2.24) is 0 Å². The van der Waals surface area contributed by atoms with Crippen molar-refractivity contribution in [2.45, 2.75) is 32.1 Å². The normalized spacial score (nSPS) is 28.6. The predicted octanol–water partition coefficient (Wildman–Crippen LogP) is 4.71. The lowest BCUT2D eigenvalue weighted by atomic mass is 9.86. The van der Waals surface area contributed by atoms with Gasteiger partial charge in [-0.15, -0.1) is 0 Å². The first-order chi connectivity index (χ1) is 9.11. The second-order valence-corrected chi connectivity index (χ2v) is 7.46. The van der Waals surface area contributed by atoms with Gasteiger partial charge < -0.3 is 5.32 Å². The monoisotopic (exact) mass is 389 g/mol. The summed E-state index contributed by atoms with van der Waals surface area (Å²) in [6.07, 6.45) is 5.96. The van der Waals surface area contributed by atoms with Crippen LogP contribution in [0.25, 0.3) is 0 Å². The van der Waals surface area contributed by atoms with E-state index in [-0.39, 0.29) is 5.91 Å². The lowest BCUT2D eigenvalue weighted by Crippen LogP contribution is -2.20. The van der Waals surface area contributed by atoms with Gasteiger partial charge in [0.1, 0.15) is 0 Å². The summed E-state index contributed by atoms with van der Waals surface area (Å²) in [5, 5.41) is 3.57. The van der Waals surface area contributed by atoms with Gasteiger partial charge in [-0.2, -0.15) is 0 Å². The van der Waals surface area contributed by atoms with Gasteiger partial charge in [-0.3, -0.25) is 4.79 Å². The van der Waals surface area contributed by atoms with Gasteiger partial charge in [0.25, 0.3) is 0 Å². The Balaban J connectivity index is 1.59. The molecule has 2 bridgehead atoms. The Bertz CT molecular complexity index is 505. The fourth-order valence-electron chi connectivity index (χ4n) is 3.66. The number of anilines is 1. The number of hydrogen-bond donors (Lipinski definition) is 1. The van der Waals surface area contributed by atoms with E-state index in [1.165, 1.54) is 25.7 Å². The fraction of sp³-hybridized carbons (Fsp3) is 0.533. The molecule has 2 aliphatic carbocycles. The molecule has 2 nitrogen and oxygen atoms in total. The molecule has 2 saturated carbocycles. The average molecular weight is 390 g/mol. The molecule has 2 fully saturated rings. The van der Waals surface area contributed by atoms with Crippen molar-refractivity contribution in [3.8, 4) is 0 Å². The van der Waals surface area contributed by atoms with E-state index in [0.717, 1.165) is 21.1 Å². The molecule has 3 rings (SSSR count). The van der Waals surface area contributed by atoms with Gasteiger partial charge in [-0.05, 0) is 77.8 Å². The molecule has 1 N–H and O–H groups in total. The number of rotatable bonds is 3. The molecule has 1 aromatic carbocycles. The average Bonchev–Trinajstić information content (AvgIpc) is 2.95. The topological polar surface area (TPSA) is 29.1 Å². The quantitative estimate of drug-likeness (QED) is 0.745. The van der Waals surface area contributed by atoms with Crippen molar-refractivity contribution in [2.24, 2.45) is 17.8 Å². The number of halogens is 2. The SMILES string of the molecule is O=C(CC1CC2CCC1C2)Nc1ccc(I)cc1Cl. The number of carbonyl (C=O) groups is 1. The number of nitrogens with one attached hydrogen (secondary N) is 1. The minimum atomic E-state index is 0.112. The van der Waals surface area contributed by atoms with Gasteiger partial charge >= 0.3 is 0 Å². The summed E-state index contributed by atoms with van der Waals surface area (Å²) in [6, 6.07) is 5.71. The maximum atomic E-state index is 12.1. The van der Waals surface area contributed by atoms with Gasteiger partial charge in [0.2, 0.25) is 5.91 Å². The molecule has 1 amide bonds. The highest BCUT2D eigenvalue weighted by atomic mass is 127. The van der Waals surface area contributed by atoms with Crippen LogP contribution in [0.5, 0.6) is 0 Å². The molecule has 0 aromatic heterocycles. The van der Waals surface area contributed by atoms with Crippen molar-refractivity contribution in [1.29, 1.82) is 0 Å². The molecule has 3 unspecified atom stereocenters. The Morgan fingerprint density at radius 2 is 2.21 bits per heavy atom. The molecule has 1 aromatic rings. The summed E-state index contributed by atoms with van der Waals surface area (Å²) in [7, 11) is 0. The van der Waals surface area contributed by atoms with E-state index < -0.39 is 0 Å². The molecule has 3 atom stereocenters. The fourth-order valence-corrected chi connectivity index (χ4v) is 4.56. The second kappa shape index (κ2) is 5.60. The zero-order chi connectivity index (χ0) is 13.4. The standard InChI is InChI=1S/C15H17ClINO/c16-13-8-12(17)3-4-14(13)18-15(19)7-11-6-9-1-2-10(11)5-9/h3-4,8-11H,1-2,5-7H2,(H,18,19). The highest BCUT2D eigenvalue weighted by Gasteiger charge is 2.40. The van der Waals surface area contributed by atoms with Crippen molar-refractivity contribution in [2.75, 3.05) is 5.32 Å². The zero-order valence-corrected chi connectivity index (χ0v) is 13.6. The lowest BCUT2D eigenvalue weighted by Gasteiger charge is -2.21. The van der Waals surface area contributed by atoms with Crippen LogP contribution in [0.3, 0.4) is 0 Å². The smallest absolute Gasteiger partial charge is 0.224 e. The van der Waals surface area contributed by atoms with Crippen molar-refractivity contribution in [3.05, 3.63) is 26.8 Å². The zero-order valence-electron chi connectivity index (χ0n) is 10.7. The first-order valence-electron chi connectivity index (χ1n) is 6.86. The van der Waals surface area contributed by atoms with Crippen LogP contribution in [0.1, 0.15) is 32.1 Å². The van der Waals surface area contributed by atoms with E-state index in [2.05, 4.69) is 27.9 Å². The molecular weight excluding hydrogens is 373 g/mol. The number of amides is 1. The summed E-state index contributed by atoms with van der Waals surface area (Å²) >= 11 is 8.35. The van der Waals surface area contributed by atoms with E-state index in [9.17, 15) is 4.79 Å². The number of hydrogen-bond acceptors (Lipinski definition) is 1. The molecule has 0 radical (unpaired) electrons. The molecule has 4 heteroatoms. The molecule has 102 valence electrons. The Morgan fingerprint density at radius 3 is 2.84 bits per heavy atom. The van der Waals surface area contributed by atoms with Crippen LogP contribution in [0.4, 0.5) is 5.69 Å². The minimum Gasteiger partial charge on any atom is -0.325 e. The minimum absolute atomic E-state index is 0.112. The van der Waals surface area contributed by atoms with E-state index in [0.29, 0.717) is 17.4 Å². The maximum Gasteiger partial charge on any atom is 0.224 e. The van der Waals surface area contributed by atoms with Gasteiger partial charge in [0.15, 0.2) is 0 Å². The third kappa shape index (κ3) is 3.07. The molecule has 19 heavy (non-hydrogen) atoms. The van der Waals surface area contributed by atoms with Gasteiger partial charge in [0.05, 0.1) is 10.7 Å². The summed E-state index contributed by atoms with van der Waals surface area (Å²) in [5.74, 6) is 2.40. The Hall–Kier alpha value is -0.290. The molecule has 0 spiro atoms. The van der Waals surface area contributed by atoms with Crippen LogP contribution in [0.2, 0.25) is 5.02 Å². The largest absolute Gasteiger partial charge is 0.325 e. The Kier molecular flexibility index (Phi) is 4.03. The van der Waals surface area contributed by atoms with E-state index in [1.54, 1.807) is 0 Å².